The smallest absolute Gasteiger partial charge is 0.422 e. The van der Waals surface area contributed by atoms with Crippen molar-refractivity contribution in [1.29, 1.82) is 0 Å². The second kappa shape index (κ2) is 6.93. The van der Waals surface area contributed by atoms with Gasteiger partial charge in [0, 0.05) is 19.0 Å². The highest BCUT2D eigenvalue weighted by molar-refractivity contribution is 5.90. The molecule has 106 valence electrons. The fourth-order valence-electron chi connectivity index (χ4n) is 1.16. The number of alkyl halides is 3. The first-order chi connectivity index (χ1) is 8.90. The van der Waals surface area contributed by atoms with Crippen molar-refractivity contribution in [3.63, 3.8) is 0 Å². The van der Waals surface area contributed by atoms with Crippen molar-refractivity contribution in [2.24, 2.45) is 0 Å². The standard InChI is InChI=1S/C11H14F3N3O2/c1-15-5-4-9(18)17-8-2-3-10(16-6-8)19-7-11(12,13)14/h2-3,6,15H,4-5,7H2,1H3,(H,17,18). The maximum absolute atomic E-state index is 11.9. The molecule has 0 aliphatic rings. The number of anilines is 1. The lowest BCUT2D eigenvalue weighted by molar-refractivity contribution is -0.154. The van der Waals surface area contributed by atoms with E-state index in [1.165, 1.54) is 18.3 Å². The molecule has 0 fully saturated rings. The molecule has 19 heavy (non-hydrogen) atoms. The van der Waals surface area contributed by atoms with Crippen LogP contribution in [0.4, 0.5) is 18.9 Å². The lowest BCUT2D eigenvalue weighted by Crippen LogP contribution is -2.20. The highest BCUT2D eigenvalue weighted by atomic mass is 19.4. The highest BCUT2D eigenvalue weighted by Crippen LogP contribution is 2.17. The third-order valence-electron chi connectivity index (χ3n) is 2.01. The van der Waals surface area contributed by atoms with Gasteiger partial charge in [-0.15, -0.1) is 0 Å². The van der Waals surface area contributed by atoms with E-state index < -0.39 is 12.8 Å². The van der Waals surface area contributed by atoms with E-state index >= 15 is 0 Å². The number of carbonyl (C=O) groups is 1. The minimum atomic E-state index is -4.40. The molecule has 0 aromatic carbocycles. The largest absolute Gasteiger partial charge is 0.468 e. The number of hydrogen-bond donors (Lipinski definition) is 2. The zero-order chi connectivity index (χ0) is 14.3. The summed E-state index contributed by atoms with van der Waals surface area (Å²) in [4.78, 5) is 15.0. The molecule has 0 aliphatic heterocycles. The summed E-state index contributed by atoms with van der Waals surface area (Å²) < 4.78 is 40.1. The van der Waals surface area contributed by atoms with Gasteiger partial charge in [-0.2, -0.15) is 13.2 Å². The van der Waals surface area contributed by atoms with Gasteiger partial charge in [0.15, 0.2) is 6.61 Å². The number of pyridine rings is 1. The van der Waals surface area contributed by atoms with Crippen molar-refractivity contribution in [2.75, 3.05) is 25.5 Å². The van der Waals surface area contributed by atoms with E-state index in [4.69, 9.17) is 0 Å². The van der Waals surface area contributed by atoms with Crippen LogP contribution in [0.2, 0.25) is 0 Å². The molecule has 0 saturated carbocycles. The molecular formula is C11H14F3N3O2. The number of halogens is 3. The van der Waals surface area contributed by atoms with Crippen molar-refractivity contribution in [3.8, 4) is 5.88 Å². The van der Waals surface area contributed by atoms with Crippen molar-refractivity contribution in [1.82, 2.24) is 10.3 Å². The maximum atomic E-state index is 11.9. The van der Waals surface area contributed by atoms with Crippen LogP contribution in [0.5, 0.6) is 5.88 Å². The van der Waals surface area contributed by atoms with E-state index in [-0.39, 0.29) is 11.8 Å². The first-order valence-corrected chi connectivity index (χ1v) is 5.51. The predicted molar refractivity (Wildman–Crippen MR) is 63.0 cm³/mol. The van der Waals surface area contributed by atoms with Crippen LogP contribution in [0.25, 0.3) is 0 Å². The van der Waals surface area contributed by atoms with Gasteiger partial charge in [0.2, 0.25) is 11.8 Å². The Morgan fingerprint density at radius 2 is 2.16 bits per heavy atom. The molecule has 1 aromatic heterocycles. The first kappa shape index (κ1) is 15.2. The number of carbonyl (C=O) groups excluding carboxylic acids is 1. The third-order valence-corrected chi connectivity index (χ3v) is 2.01. The summed E-state index contributed by atoms with van der Waals surface area (Å²) in [5, 5.41) is 5.38. The van der Waals surface area contributed by atoms with Gasteiger partial charge < -0.3 is 15.4 Å². The van der Waals surface area contributed by atoms with Crippen LogP contribution < -0.4 is 15.4 Å². The average Bonchev–Trinajstić information content (AvgIpc) is 2.34. The minimum Gasteiger partial charge on any atom is -0.468 e. The zero-order valence-electron chi connectivity index (χ0n) is 10.3. The van der Waals surface area contributed by atoms with Crippen molar-refractivity contribution in [2.45, 2.75) is 12.6 Å². The molecule has 0 radical (unpaired) electrons. The molecule has 5 nitrogen and oxygen atoms in total. The Kier molecular flexibility index (Phi) is 5.56. The summed E-state index contributed by atoms with van der Waals surface area (Å²) in [5.41, 5.74) is 0.403. The summed E-state index contributed by atoms with van der Waals surface area (Å²) in [6.07, 6.45) is -2.87. The Labute approximate surface area is 108 Å². The van der Waals surface area contributed by atoms with Gasteiger partial charge in [-0.1, -0.05) is 0 Å². The molecule has 0 spiro atoms. The van der Waals surface area contributed by atoms with Crippen molar-refractivity contribution < 1.29 is 22.7 Å². The molecule has 2 N–H and O–H groups in total. The second-order valence-electron chi connectivity index (χ2n) is 3.69. The number of amides is 1. The number of ether oxygens (including phenoxy) is 1. The Bertz CT molecular complexity index is 407. The maximum Gasteiger partial charge on any atom is 0.422 e. The number of rotatable bonds is 6. The monoisotopic (exact) mass is 277 g/mol. The van der Waals surface area contributed by atoms with Gasteiger partial charge in [0.1, 0.15) is 0 Å². The zero-order valence-corrected chi connectivity index (χ0v) is 10.3. The van der Waals surface area contributed by atoms with Crippen LogP contribution in [0.3, 0.4) is 0 Å². The van der Waals surface area contributed by atoms with Gasteiger partial charge in [-0.25, -0.2) is 4.98 Å². The quantitative estimate of drug-likeness (QED) is 0.828. The first-order valence-electron chi connectivity index (χ1n) is 5.51. The molecule has 0 unspecified atom stereocenters. The molecule has 0 aliphatic carbocycles. The van der Waals surface area contributed by atoms with E-state index in [2.05, 4.69) is 20.4 Å². The van der Waals surface area contributed by atoms with Crippen molar-refractivity contribution in [3.05, 3.63) is 18.3 Å². The molecule has 1 aromatic rings. The van der Waals surface area contributed by atoms with Crippen LogP contribution in [-0.4, -0.2) is 37.3 Å². The predicted octanol–water partition coefficient (Wildman–Crippen LogP) is 1.57. The molecular weight excluding hydrogens is 263 g/mol. The molecule has 1 heterocycles. The van der Waals surface area contributed by atoms with E-state index in [1.807, 2.05) is 0 Å². The lowest BCUT2D eigenvalue weighted by Gasteiger charge is -2.09. The Morgan fingerprint density at radius 1 is 1.42 bits per heavy atom. The molecule has 8 heteroatoms. The number of nitrogens with zero attached hydrogens (tertiary/aromatic N) is 1. The average molecular weight is 277 g/mol. The highest BCUT2D eigenvalue weighted by Gasteiger charge is 2.28. The summed E-state index contributed by atoms with van der Waals surface area (Å²) in [6.45, 7) is -0.861. The molecule has 1 amide bonds. The summed E-state index contributed by atoms with van der Waals surface area (Å²) in [5.74, 6) is -0.356. The molecule has 0 bridgehead atoms. The van der Waals surface area contributed by atoms with Crippen LogP contribution in [-0.2, 0) is 4.79 Å². The fourth-order valence-corrected chi connectivity index (χ4v) is 1.16. The van der Waals surface area contributed by atoms with E-state index in [0.29, 0.717) is 18.7 Å². The van der Waals surface area contributed by atoms with Crippen LogP contribution in [0, 0.1) is 0 Å². The van der Waals surface area contributed by atoms with Crippen LogP contribution >= 0.6 is 0 Å². The fraction of sp³-hybridized carbons (Fsp3) is 0.455. The van der Waals surface area contributed by atoms with Crippen LogP contribution in [0.15, 0.2) is 18.3 Å². The number of hydrogen-bond acceptors (Lipinski definition) is 4. The van der Waals surface area contributed by atoms with Gasteiger partial charge in [-0.3, -0.25) is 4.79 Å². The summed E-state index contributed by atoms with van der Waals surface area (Å²) in [7, 11) is 1.72. The number of nitrogens with one attached hydrogen (secondary N) is 2. The van der Waals surface area contributed by atoms with Gasteiger partial charge >= 0.3 is 6.18 Å². The molecule has 0 atom stereocenters. The Morgan fingerprint density at radius 3 is 2.68 bits per heavy atom. The van der Waals surface area contributed by atoms with Gasteiger partial charge in [-0.05, 0) is 13.1 Å². The Hall–Kier alpha value is -1.83. The van der Waals surface area contributed by atoms with E-state index in [0.717, 1.165) is 0 Å². The molecule has 1 rings (SSSR count). The number of aromatic nitrogens is 1. The summed E-state index contributed by atoms with van der Waals surface area (Å²) >= 11 is 0. The van der Waals surface area contributed by atoms with Gasteiger partial charge in [0.25, 0.3) is 0 Å². The Balaban J connectivity index is 2.45. The normalized spacial score (nSPS) is 11.2. The van der Waals surface area contributed by atoms with Gasteiger partial charge in [0.05, 0.1) is 11.9 Å². The third kappa shape index (κ3) is 6.61. The lowest BCUT2D eigenvalue weighted by atomic mass is 10.3. The second-order valence-corrected chi connectivity index (χ2v) is 3.69. The topological polar surface area (TPSA) is 63.2 Å². The van der Waals surface area contributed by atoms with Crippen molar-refractivity contribution >= 4 is 11.6 Å². The molecule has 0 saturated heterocycles. The SMILES string of the molecule is CNCCC(=O)Nc1ccc(OCC(F)(F)F)nc1. The summed E-state index contributed by atoms with van der Waals surface area (Å²) in [6, 6.07) is 2.69. The van der Waals surface area contributed by atoms with E-state index in [1.54, 1.807) is 7.05 Å². The minimum absolute atomic E-state index is 0.148. The van der Waals surface area contributed by atoms with E-state index in [9.17, 15) is 18.0 Å². The van der Waals surface area contributed by atoms with Crippen LogP contribution in [0.1, 0.15) is 6.42 Å².